The van der Waals surface area contributed by atoms with Crippen molar-refractivity contribution in [2.75, 3.05) is 4.90 Å². The van der Waals surface area contributed by atoms with Crippen LogP contribution in [0.25, 0.3) is 0 Å². The number of hydrogen-bond acceptors (Lipinski definition) is 5. The number of benzene rings is 3. The number of non-ortho nitro benzene ring substituents is 2. The first-order valence-electron chi connectivity index (χ1n) is 7.40. The van der Waals surface area contributed by atoms with Crippen molar-refractivity contribution in [2.45, 2.75) is 0 Å². The highest BCUT2D eigenvalue weighted by Crippen LogP contribution is 2.35. The number of rotatable bonds is 5. The number of nitro groups is 2. The van der Waals surface area contributed by atoms with E-state index in [9.17, 15) is 20.2 Å². The Balaban J connectivity index is 2.07. The summed E-state index contributed by atoms with van der Waals surface area (Å²) < 4.78 is 0. The van der Waals surface area contributed by atoms with Gasteiger partial charge in [0.25, 0.3) is 11.4 Å². The van der Waals surface area contributed by atoms with Gasteiger partial charge in [-0.1, -0.05) is 18.2 Å². The summed E-state index contributed by atoms with van der Waals surface area (Å²) in [6.45, 7) is 0. The van der Waals surface area contributed by atoms with Gasteiger partial charge in [0.15, 0.2) is 0 Å². The maximum atomic E-state index is 10.9. The van der Waals surface area contributed by atoms with Crippen LogP contribution in [0.2, 0.25) is 0 Å². The van der Waals surface area contributed by atoms with E-state index in [0.29, 0.717) is 11.4 Å². The Kier molecular flexibility index (Phi) is 4.38. The van der Waals surface area contributed by atoms with Crippen molar-refractivity contribution in [2.24, 2.45) is 0 Å². The maximum absolute atomic E-state index is 10.9. The van der Waals surface area contributed by atoms with Crippen molar-refractivity contribution in [1.29, 1.82) is 0 Å². The molecule has 124 valence electrons. The standard InChI is InChI=1S/C18H13N3O4/c22-20(23)17-10-6-15(7-11-17)19(14-4-2-1-3-5-14)16-8-12-18(13-9-16)21(24)25/h1-13H. The molecule has 3 rings (SSSR count). The van der Waals surface area contributed by atoms with Crippen LogP contribution in [0.5, 0.6) is 0 Å². The van der Waals surface area contributed by atoms with Gasteiger partial charge in [0.05, 0.1) is 9.85 Å². The number of hydrogen-bond donors (Lipinski definition) is 0. The summed E-state index contributed by atoms with van der Waals surface area (Å²) in [5.74, 6) is 0. The van der Waals surface area contributed by atoms with Crippen LogP contribution in [0.1, 0.15) is 0 Å². The SMILES string of the molecule is O=[N+]([O-])c1ccc(N(c2ccccc2)c2ccc([N+](=O)[O-])cc2)cc1. The minimum atomic E-state index is -0.456. The second-order valence-corrected chi connectivity index (χ2v) is 5.22. The molecule has 7 heteroatoms. The molecule has 0 radical (unpaired) electrons. The van der Waals surface area contributed by atoms with E-state index >= 15 is 0 Å². The molecule has 0 saturated carbocycles. The lowest BCUT2D eigenvalue weighted by molar-refractivity contribution is -0.385. The molecule has 0 amide bonds. The van der Waals surface area contributed by atoms with E-state index in [1.807, 2.05) is 35.2 Å². The van der Waals surface area contributed by atoms with E-state index in [1.54, 1.807) is 24.3 Å². The molecule has 0 aliphatic carbocycles. The summed E-state index contributed by atoms with van der Waals surface area (Å²) >= 11 is 0. The van der Waals surface area contributed by atoms with Gasteiger partial charge in [-0.05, 0) is 36.4 Å². The Morgan fingerprint density at radius 2 is 0.920 bits per heavy atom. The minimum Gasteiger partial charge on any atom is -0.310 e. The monoisotopic (exact) mass is 335 g/mol. The molecule has 25 heavy (non-hydrogen) atoms. The number of nitro benzene ring substituents is 2. The third-order valence-electron chi connectivity index (χ3n) is 3.65. The Hall–Kier alpha value is -3.74. The molecule has 0 bridgehead atoms. The van der Waals surface area contributed by atoms with E-state index in [2.05, 4.69) is 0 Å². The molecule has 0 aliphatic heterocycles. The van der Waals surface area contributed by atoms with Crippen molar-refractivity contribution in [3.63, 3.8) is 0 Å². The average Bonchev–Trinajstić information content (AvgIpc) is 2.64. The number of para-hydroxylation sites is 1. The maximum Gasteiger partial charge on any atom is 0.269 e. The van der Waals surface area contributed by atoms with Crippen LogP contribution in [-0.2, 0) is 0 Å². The van der Waals surface area contributed by atoms with Gasteiger partial charge >= 0.3 is 0 Å². The van der Waals surface area contributed by atoms with Crippen LogP contribution in [0.3, 0.4) is 0 Å². The lowest BCUT2D eigenvalue weighted by atomic mass is 10.2. The van der Waals surface area contributed by atoms with Crippen molar-refractivity contribution < 1.29 is 9.85 Å². The van der Waals surface area contributed by atoms with Crippen molar-refractivity contribution in [3.8, 4) is 0 Å². The van der Waals surface area contributed by atoms with Crippen LogP contribution >= 0.6 is 0 Å². The van der Waals surface area contributed by atoms with Gasteiger partial charge in [-0.25, -0.2) is 0 Å². The van der Waals surface area contributed by atoms with Crippen LogP contribution in [-0.4, -0.2) is 9.85 Å². The summed E-state index contributed by atoms with van der Waals surface area (Å²) in [4.78, 5) is 22.7. The van der Waals surface area contributed by atoms with Crippen LogP contribution < -0.4 is 4.90 Å². The molecule has 0 atom stereocenters. The van der Waals surface area contributed by atoms with Gasteiger partial charge < -0.3 is 4.90 Å². The Labute approximate surface area is 143 Å². The highest BCUT2D eigenvalue weighted by Gasteiger charge is 2.15. The van der Waals surface area contributed by atoms with Crippen LogP contribution in [0.4, 0.5) is 28.4 Å². The molecule has 0 saturated heterocycles. The lowest BCUT2D eigenvalue weighted by Gasteiger charge is -2.25. The normalized spacial score (nSPS) is 10.2. The molecule has 0 fully saturated rings. The molecule has 0 heterocycles. The second-order valence-electron chi connectivity index (χ2n) is 5.22. The summed E-state index contributed by atoms with van der Waals surface area (Å²) in [6.07, 6.45) is 0. The summed E-state index contributed by atoms with van der Waals surface area (Å²) in [5.41, 5.74) is 2.27. The summed E-state index contributed by atoms with van der Waals surface area (Å²) in [7, 11) is 0. The molecule has 0 spiro atoms. The Morgan fingerprint density at radius 3 is 1.28 bits per heavy atom. The van der Waals surface area contributed by atoms with E-state index in [4.69, 9.17) is 0 Å². The molecule has 7 nitrogen and oxygen atoms in total. The molecule has 0 aromatic heterocycles. The topological polar surface area (TPSA) is 89.5 Å². The van der Waals surface area contributed by atoms with Gasteiger partial charge in [-0.2, -0.15) is 0 Å². The minimum absolute atomic E-state index is 0.000427. The Bertz CT molecular complexity index is 836. The summed E-state index contributed by atoms with van der Waals surface area (Å²) in [5, 5.41) is 21.7. The van der Waals surface area contributed by atoms with Gasteiger partial charge in [0, 0.05) is 41.3 Å². The molecule has 0 unspecified atom stereocenters. The van der Waals surface area contributed by atoms with Crippen LogP contribution in [0.15, 0.2) is 78.9 Å². The molecular weight excluding hydrogens is 322 g/mol. The predicted molar refractivity (Wildman–Crippen MR) is 94.4 cm³/mol. The zero-order chi connectivity index (χ0) is 17.8. The van der Waals surface area contributed by atoms with Crippen molar-refractivity contribution in [3.05, 3.63) is 99.1 Å². The van der Waals surface area contributed by atoms with E-state index in [1.165, 1.54) is 24.3 Å². The molecular formula is C18H13N3O4. The van der Waals surface area contributed by atoms with Gasteiger partial charge in [0.2, 0.25) is 0 Å². The zero-order valence-electron chi connectivity index (χ0n) is 13.0. The zero-order valence-corrected chi connectivity index (χ0v) is 13.0. The fraction of sp³-hybridized carbons (Fsp3) is 0. The quantitative estimate of drug-likeness (QED) is 0.485. The van der Waals surface area contributed by atoms with Crippen LogP contribution in [0, 0.1) is 20.2 Å². The van der Waals surface area contributed by atoms with E-state index < -0.39 is 9.85 Å². The first kappa shape index (κ1) is 16.1. The van der Waals surface area contributed by atoms with E-state index in [0.717, 1.165) is 5.69 Å². The van der Waals surface area contributed by atoms with Gasteiger partial charge in [0.1, 0.15) is 0 Å². The predicted octanol–water partition coefficient (Wildman–Crippen LogP) is 4.97. The molecule has 3 aromatic carbocycles. The first-order chi connectivity index (χ1) is 12.1. The third kappa shape index (κ3) is 3.45. The largest absolute Gasteiger partial charge is 0.310 e. The number of anilines is 3. The molecule has 3 aromatic rings. The van der Waals surface area contributed by atoms with E-state index in [-0.39, 0.29) is 11.4 Å². The first-order valence-corrected chi connectivity index (χ1v) is 7.40. The number of nitrogens with zero attached hydrogens (tertiary/aromatic N) is 3. The smallest absolute Gasteiger partial charge is 0.269 e. The highest BCUT2D eigenvalue weighted by molar-refractivity contribution is 5.77. The highest BCUT2D eigenvalue weighted by atomic mass is 16.6. The third-order valence-corrected chi connectivity index (χ3v) is 3.65. The van der Waals surface area contributed by atoms with Gasteiger partial charge in [-0.3, -0.25) is 20.2 Å². The fourth-order valence-electron chi connectivity index (χ4n) is 2.47. The fourth-order valence-corrected chi connectivity index (χ4v) is 2.47. The average molecular weight is 335 g/mol. The molecule has 0 aliphatic rings. The second kappa shape index (κ2) is 6.79. The molecule has 0 N–H and O–H groups in total. The van der Waals surface area contributed by atoms with Gasteiger partial charge in [-0.15, -0.1) is 0 Å². The lowest BCUT2D eigenvalue weighted by Crippen LogP contribution is -2.09. The van der Waals surface area contributed by atoms with Crippen molar-refractivity contribution in [1.82, 2.24) is 0 Å². The van der Waals surface area contributed by atoms with Crippen molar-refractivity contribution >= 4 is 28.4 Å². The summed E-state index contributed by atoms with van der Waals surface area (Å²) in [6, 6.07) is 21.7. The Morgan fingerprint density at radius 1 is 0.560 bits per heavy atom.